The number of aliphatic hydroxyl groups excluding tert-OH is 22. The molecule has 25 heteroatoms. The molecular formula is C71H122O25. The molecule has 3 saturated heterocycles. The van der Waals surface area contributed by atoms with Gasteiger partial charge in [-0.2, -0.15) is 0 Å². The predicted octanol–water partition coefficient (Wildman–Crippen LogP) is 0.0396. The van der Waals surface area contributed by atoms with Gasteiger partial charge in [0.2, 0.25) is 0 Å². The van der Waals surface area contributed by atoms with Crippen molar-refractivity contribution in [1.82, 2.24) is 0 Å². The van der Waals surface area contributed by atoms with Crippen LogP contribution in [0.2, 0.25) is 0 Å². The molecule has 25 nitrogen and oxygen atoms in total. The van der Waals surface area contributed by atoms with Crippen molar-refractivity contribution >= 4 is 0 Å². The Morgan fingerprint density at radius 3 is 1.66 bits per heavy atom. The first-order valence-corrected chi connectivity index (χ1v) is 34.3. The van der Waals surface area contributed by atoms with E-state index in [0.29, 0.717) is 37.7 Å². The van der Waals surface area contributed by atoms with Crippen LogP contribution in [0, 0.1) is 17.8 Å². The zero-order valence-electron chi connectivity index (χ0n) is 56.8. The third-order valence-corrected chi connectivity index (χ3v) is 18.6. The van der Waals surface area contributed by atoms with E-state index in [2.05, 4.69) is 13.2 Å². The Bertz CT molecular complexity index is 2350. The summed E-state index contributed by atoms with van der Waals surface area (Å²) in [7, 11) is 0. The summed E-state index contributed by atoms with van der Waals surface area (Å²) in [4.78, 5) is 0. The molecule has 0 aliphatic carbocycles. The Balaban J connectivity index is 1.42. The van der Waals surface area contributed by atoms with Crippen molar-refractivity contribution in [3.8, 4) is 0 Å². The van der Waals surface area contributed by atoms with Crippen LogP contribution in [0.5, 0.6) is 0 Å². The highest BCUT2D eigenvalue weighted by atomic mass is 16.6. The summed E-state index contributed by atoms with van der Waals surface area (Å²) in [5.74, 6) is -0.907. The SMILES string of the molecule is C=CCC/C=C/C=C/C=C/CC/C=C/C(O)C(O)C1OC(C(O)C(O)C(=C)CCC(O)C2CC(O)C(O)C(C(O)C(O)/C=C(\C)CCC(O)CC(O)C(O)C(C)CC(O)CC(C)/C=C(/C)CC(O)CC(C)CC(O)C3CC(O)C(O)C(CC(O)CC(O)CO)O3)O2)CC(O)C1O. The van der Waals surface area contributed by atoms with Gasteiger partial charge in [-0.25, -0.2) is 0 Å². The topological polar surface area (TPSA) is 473 Å². The van der Waals surface area contributed by atoms with Crippen LogP contribution in [0.25, 0.3) is 0 Å². The molecule has 3 heterocycles. The van der Waals surface area contributed by atoms with Crippen molar-refractivity contribution in [2.24, 2.45) is 17.8 Å². The van der Waals surface area contributed by atoms with Gasteiger partial charge in [-0.1, -0.05) is 105 Å². The van der Waals surface area contributed by atoms with Crippen LogP contribution in [-0.2, 0) is 14.2 Å². The fourth-order valence-corrected chi connectivity index (χ4v) is 12.9. The van der Waals surface area contributed by atoms with Gasteiger partial charge in [0.05, 0.1) is 104 Å². The van der Waals surface area contributed by atoms with Crippen molar-refractivity contribution in [3.05, 3.63) is 96.7 Å². The molecule has 3 aliphatic rings. The molecule has 0 aromatic rings. The fourth-order valence-electron chi connectivity index (χ4n) is 12.9. The molecule has 3 rings (SSSR count). The van der Waals surface area contributed by atoms with Gasteiger partial charge in [-0.15, -0.1) is 6.58 Å². The van der Waals surface area contributed by atoms with E-state index in [1.54, 1.807) is 19.9 Å². The number of unbranched alkanes of at least 4 members (excludes halogenated alkanes) is 2. The summed E-state index contributed by atoms with van der Waals surface area (Å²) in [6, 6.07) is 0. The summed E-state index contributed by atoms with van der Waals surface area (Å²) in [6.07, 6.45) is -14.4. The van der Waals surface area contributed by atoms with Gasteiger partial charge in [0.25, 0.3) is 0 Å². The lowest BCUT2D eigenvalue weighted by molar-refractivity contribution is -0.234. The summed E-state index contributed by atoms with van der Waals surface area (Å²) in [6.45, 7) is 15.8. The van der Waals surface area contributed by atoms with Crippen molar-refractivity contribution in [2.75, 3.05) is 6.61 Å². The monoisotopic (exact) mass is 1370 g/mol. The van der Waals surface area contributed by atoms with E-state index >= 15 is 0 Å². The van der Waals surface area contributed by atoms with Crippen LogP contribution < -0.4 is 0 Å². The number of hydrogen-bond donors (Lipinski definition) is 22. The highest BCUT2D eigenvalue weighted by Gasteiger charge is 2.48. The summed E-state index contributed by atoms with van der Waals surface area (Å²) in [5.41, 5.74) is 1.35. The first-order valence-electron chi connectivity index (χ1n) is 34.3. The van der Waals surface area contributed by atoms with Crippen LogP contribution in [0.1, 0.15) is 157 Å². The molecule has 22 N–H and O–H groups in total. The molecule has 0 saturated carbocycles. The van der Waals surface area contributed by atoms with E-state index in [4.69, 9.17) is 19.3 Å². The second-order valence-electron chi connectivity index (χ2n) is 27.7. The van der Waals surface area contributed by atoms with E-state index in [-0.39, 0.29) is 94.5 Å². The lowest BCUT2D eigenvalue weighted by Crippen LogP contribution is -2.59. The highest BCUT2D eigenvalue weighted by molar-refractivity contribution is 5.13. The van der Waals surface area contributed by atoms with Crippen molar-refractivity contribution in [1.29, 1.82) is 0 Å². The highest BCUT2D eigenvalue weighted by Crippen LogP contribution is 2.34. The largest absolute Gasteiger partial charge is 0.394 e. The first-order chi connectivity index (χ1) is 45.2. The van der Waals surface area contributed by atoms with Crippen LogP contribution in [-0.4, -0.2) is 284 Å². The van der Waals surface area contributed by atoms with Crippen LogP contribution in [0.4, 0.5) is 0 Å². The molecule has 0 spiro atoms. The lowest BCUT2D eigenvalue weighted by Gasteiger charge is -2.42. The van der Waals surface area contributed by atoms with Crippen LogP contribution in [0.15, 0.2) is 96.7 Å². The summed E-state index contributed by atoms with van der Waals surface area (Å²) in [5, 5.41) is 236. The molecule has 0 aromatic carbocycles. The zero-order chi connectivity index (χ0) is 72.1. The number of hydrogen-bond acceptors (Lipinski definition) is 25. The standard InChI is InChI=1S/C71H122O25/c1-8-9-10-11-12-13-14-15-16-17-18-19-20-51(79)65(89)70-68(92)57(85)37-61(96-70)69(93)63(87)43(6)22-24-50(78)58-36-56(84)67(91)71(95-58)66(90)53(81)29-39(2)21-23-45(73)33-54(82)62(86)44(7)31-47(75)27-41(4)25-40(3)26-46(74)28-42(5)30-52(80)59-35-55(83)64(88)60(94-59)34-48(76)32-49(77)38-72/h8,11-16,19-20,25,29,41-42,44-93H,1,6,9-10,17-18,21-24,26-28,30-38H2,2-5,7H3/b12-11+,14-13+,16-15+,20-19+,39-29+,40-25-. The summed E-state index contributed by atoms with van der Waals surface area (Å²) < 4.78 is 17.5. The quantitative estimate of drug-likeness (QED) is 0.0217. The maximum absolute atomic E-state index is 11.2. The average molecular weight is 1380 g/mol. The average Bonchev–Trinajstić information content (AvgIpc) is 0.830. The number of aliphatic hydroxyl groups is 22. The van der Waals surface area contributed by atoms with Crippen LogP contribution in [0.3, 0.4) is 0 Å². The van der Waals surface area contributed by atoms with Gasteiger partial charge in [0.15, 0.2) is 0 Å². The minimum atomic E-state index is -1.83. The number of rotatable bonds is 45. The Morgan fingerprint density at radius 1 is 0.500 bits per heavy atom. The molecular weight excluding hydrogens is 1250 g/mol. The molecule has 0 amide bonds. The Hall–Kier alpha value is -3.08. The second kappa shape index (κ2) is 45.0. The van der Waals surface area contributed by atoms with Gasteiger partial charge in [0, 0.05) is 38.5 Å². The summed E-state index contributed by atoms with van der Waals surface area (Å²) >= 11 is 0. The van der Waals surface area contributed by atoms with Gasteiger partial charge in [-0.3, -0.25) is 0 Å². The molecule has 30 unspecified atom stereocenters. The first kappa shape index (κ1) is 87.1. The maximum atomic E-state index is 11.2. The van der Waals surface area contributed by atoms with E-state index in [9.17, 15) is 107 Å². The minimum absolute atomic E-state index is 0.00396. The predicted molar refractivity (Wildman–Crippen MR) is 358 cm³/mol. The van der Waals surface area contributed by atoms with Gasteiger partial charge in [0.1, 0.15) is 67.1 Å². The molecule has 96 heavy (non-hydrogen) atoms. The third-order valence-electron chi connectivity index (χ3n) is 18.6. The van der Waals surface area contributed by atoms with Gasteiger partial charge in [-0.05, 0) is 121 Å². The van der Waals surface area contributed by atoms with E-state index < -0.39 is 177 Å². The molecule has 0 radical (unpaired) electrons. The van der Waals surface area contributed by atoms with E-state index in [1.165, 1.54) is 12.2 Å². The van der Waals surface area contributed by atoms with Crippen molar-refractivity contribution in [3.63, 3.8) is 0 Å². The fraction of sp³-hybridized carbons (Fsp3) is 0.775. The van der Waals surface area contributed by atoms with E-state index in [0.717, 1.165) is 18.4 Å². The van der Waals surface area contributed by atoms with Crippen LogP contribution >= 0.6 is 0 Å². The Kier molecular flexibility index (Phi) is 40.9. The Morgan fingerprint density at radius 2 is 1.05 bits per heavy atom. The molecule has 556 valence electrons. The molecule has 3 aliphatic heterocycles. The third kappa shape index (κ3) is 30.6. The van der Waals surface area contributed by atoms with Gasteiger partial charge >= 0.3 is 0 Å². The molecule has 0 bridgehead atoms. The Labute approximate surface area is 567 Å². The minimum Gasteiger partial charge on any atom is -0.394 e. The van der Waals surface area contributed by atoms with E-state index in [1.807, 2.05) is 69.4 Å². The molecule has 30 atom stereocenters. The number of allylic oxidation sites excluding steroid dienone is 10. The number of ether oxygens (including phenoxy) is 3. The lowest BCUT2D eigenvalue weighted by atomic mass is 9.86. The normalized spacial score (nSPS) is 30.8. The van der Waals surface area contributed by atoms with Gasteiger partial charge < -0.3 is 127 Å². The second-order valence-corrected chi connectivity index (χ2v) is 27.7. The van der Waals surface area contributed by atoms with Crippen molar-refractivity contribution in [2.45, 2.75) is 321 Å². The maximum Gasteiger partial charge on any atom is 0.115 e. The molecule has 3 fully saturated rings. The van der Waals surface area contributed by atoms with Crippen molar-refractivity contribution < 1.29 is 127 Å². The smallest absolute Gasteiger partial charge is 0.115 e. The molecule has 0 aromatic heterocycles. The zero-order valence-corrected chi connectivity index (χ0v) is 56.8.